The molecule has 6 heteroatoms. The van der Waals surface area contributed by atoms with E-state index >= 15 is 0 Å². The first-order chi connectivity index (χ1) is 11.2. The van der Waals surface area contributed by atoms with Crippen LogP contribution in [0.2, 0.25) is 0 Å². The number of nitrogens with zero attached hydrogens (tertiary/aromatic N) is 4. The van der Waals surface area contributed by atoms with Gasteiger partial charge in [-0.1, -0.05) is 12.8 Å². The SMILES string of the molecule is Cc1cn2nc(C(=O)NC3CCCC3)cc2c(N2CCCC2)n1. The fraction of sp³-hybridized carbons (Fsp3) is 0.588. The molecule has 1 aliphatic heterocycles. The number of rotatable bonds is 3. The molecule has 0 atom stereocenters. The summed E-state index contributed by atoms with van der Waals surface area (Å²) in [6.45, 7) is 4.03. The van der Waals surface area contributed by atoms with Crippen molar-refractivity contribution in [3.8, 4) is 0 Å². The van der Waals surface area contributed by atoms with Gasteiger partial charge in [-0.2, -0.15) is 5.10 Å². The number of fused-ring (bicyclic) bond motifs is 1. The summed E-state index contributed by atoms with van der Waals surface area (Å²) < 4.78 is 1.81. The topological polar surface area (TPSA) is 62.5 Å². The molecule has 2 fully saturated rings. The van der Waals surface area contributed by atoms with Crippen LogP contribution in [0.1, 0.15) is 54.7 Å². The Bertz CT molecular complexity index is 726. The lowest BCUT2D eigenvalue weighted by molar-refractivity contribution is 0.0932. The molecular formula is C17H23N5O. The van der Waals surface area contributed by atoms with E-state index in [2.05, 4.69) is 15.3 Å². The molecular weight excluding hydrogens is 290 g/mol. The summed E-state index contributed by atoms with van der Waals surface area (Å²) in [5.74, 6) is 0.889. The number of amides is 1. The summed E-state index contributed by atoms with van der Waals surface area (Å²) in [6.07, 6.45) is 8.87. The number of carbonyl (C=O) groups is 1. The van der Waals surface area contributed by atoms with Crippen molar-refractivity contribution >= 4 is 17.2 Å². The molecule has 2 aliphatic rings. The van der Waals surface area contributed by atoms with Crippen molar-refractivity contribution in [2.24, 2.45) is 0 Å². The van der Waals surface area contributed by atoms with Crippen LogP contribution in [0.15, 0.2) is 12.3 Å². The predicted octanol–water partition coefficient (Wildman–Crippen LogP) is 2.31. The molecule has 0 aromatic carbocycles. The summed E-state index contributed by atoms with van der Waals surface area (Å²) in [5.41, 5.74) is 2.34. The summed E-state index contributed by atoms with van der Waals surface area (Å²) in [7, 11) is 0. The highest BCUT2D eigenvalue weighted by Gasteiger charge is 2.22. The lowest BCUT2D eigenvalue weighted by Gasteiger charge is -2.17. The fourth-order valence-corrected chi connectivity index (χ4v) is 3.69. The molecule has 1 amide bonds. The standard InChI is InChI=1S/C17H23N5O/c1-12-11-22-15(16(18-12)21-8-4-5-9-21)10-14(20-22)17(23)19-13-6-2-3-7-13/h10-11,13H,2-9H2,1H3,(H,19,23). The predicted molar refractivity (Wildman–Crippen MR) is 88.9 cm³/mol. The van der Waals surface area contributed by atoms with Crippen LogP contribution in [0.3, 0.4) is 0 Å². The van der Waals surface area contributed by atoms with Gasteiger partial charge in [0, 0.05) is 25.2 Å². The summed E-state index contributed by atoms with van der Waals surface area (Å²) >= 11 is 0. The monoisotopic (exact) mass is 313 g/mol. The van der Waals surface area contributed by atoms with Gasteiger partial charge < -0.3 is 10.2 Å². The van der Waals surface area contributed by atoms with E-state index < -0.39 is 0 Å². The minimum atomic E-state index is -0.0642. The summed E-state index contributed by atoms with van der Waals surface area (Å²) in [5, 5.41) is 7.60. The van der Waals surface area contributed by atoms with Crippen LogP contribution in [0.5, 0.6) is 0 Å². The average Bonchev–Trinajstić information content (AvgIpc) is 3.27. The highest BCUT2D eigenvalue weighted by molar-refractivity contribution is 5.94. The number of carbonyl (C=O) groups excluding carboxylic acids is 1. The number of aryl methyl sites for hydroxylation is 1. The minimum absolute atomic E-state index is 0.0642. The first-order valence-corrected chi connectivity index (χ1v) is 8.63. The maximum Gasteiger partial charge on any atom is 0.272 e. The van der Waals surface area contributed by atoms with Gasteiger partial charge in [-0.15, -0.1) is 0 Å². The molecule has 3 heterocycles. The third kappa shape index (κ3) is 2.78. The molecule has 1 aliphatic carbocycles. The zero-order chi connectivity index (χ0) is 15.8. The van der Waals surface area contributed by atoms with E-state index in [1.54, 1.807) is 4.52 Å². The van der Waals surface area contributed by atoms with Crippen molar-refractivity contribution in [1.82, 2.24) is 19.9 Å². The Kier molecular flexibility index (Phi) is 3.67. The number of hydrogen-bond donors (Lipinski definition) is 1. The van der Waals surface area contributed by atoms with Crippen LogP contribution in [0.25, 0.3) is 5.52 Å². The highest BCUT2D eigenvalue weighted by atomic mass is 16.2. The summed E-state index contributed by atoms with van der Waals surface area (Å²) in [6, 6.07) is 2.19. The van der Waals surface area contributed by atoms with Crippen LogP contribution in [-0.4, -0.2) is 39.6 Å². The van der Waals surface area contributed by atoms with Crippen molar-refractivity contribution in [2.45, 2.75) is 51.5 Å². The zero-order valence-corrected chi connectivity index (χ0v) is 13.6. The molecule has 2 aromatic rings. The Balaban J connectivity index is 1.66. The van der Waals surface area contributed by atoms with Gasteiger partial charge in [0.25, 0.3) is 5.91 Å². The van der Waals surface area contributed by atoms with Crippen molar-refractivity contribution in [2.75, 3.05) is 18.0 Å². The molecule has 4 rings (SSSR count). The highest BCUT2D eigenvalue weighted by Crippen LogP contribution is 2.25. The second kappa shape index (κ2) is 5.83. The molecule has 0 radical (unpaired) electrons. The number of anilines is 1. The van der Waals surface area contributed by atoms with Gasteiger partial charge in [0.2, 0.25) is 0 Å². The van der Waals surface area contributed by atoms with Gasteiger partial charge in [0.1, 0.15) is 5.52 Å². The number of hydrogen-bond acceptors (Lipinski definition) is 4. The van der Waals surface area contributed by atoms with Crippen LogP contribution in [0.4, 0.5) is 5.82 Å². The van der Waals surface area contributed by atoms with E-state index in [0.717, 1.165) is 43.0 Å². The molecule has 1 saturated carbocycles. The lowest BCUT2D eigenvalue weighted by Crippen LogP contribution is -2.32. The van der Waals surface area contributed by atoms with Gasteiger partial charge in [-0.3, -0.25) is 4.79 Å². The van der Waals surface area contributed by atoms with Crippen LogP contribution in [-0.2, 0) is 0 Å². The fourth-order valence-electron chi connectivity index (χ4n) is 3.69. The van der Waals surface area contributed by atoms with E-state index in [4.69, 9.17) is 4.98 Å². The van der Waals surface area contributed by atoms with Gasteiger partial charge in [-0.25, -0.2) is 9.50 Å². The second-order valence-corrected chi connectivity index (χ2v) is 6.71. The largest absolute Gasteiger partial charge is 0.355 e. The van der Waals surface area contributed by atoms with Gasteiger partial charge in [0.05, 0.1) is 11.9 Å². The average molecular weight is 313 g/mol. The lowest BCUT2D eigenvalue weighted by atomic mass is 10.2. The molecule has 0 bridgehead atoms. The Morgan fingerprint density at radius 2 is 1.96 bits per heavy atom. The quantitative estimate of drug-likeness (QED) is 0.944. The second-order valence-electron chi connectivity index (χ2n) is 6.71. The van der Waals surface area contributed by atoms with E-state index in [-0.39, 0.29) is 5.91 Å². The molecule has 2 aromatic heterocycles. The normalized spacial score (nSPS) is 18.9. The molecule has 1 saturated heterocycles. The smallest absolute Gasteiger partial charge is 0.272 e. The van der Waals surface area contributed by atoms with Crippen LogP contribution in [0, 0.1) is 6.92 Å². The van der Waals surface area contributed by atoms with Gasteiger partial charge in [-0.05, 0) is 32.6 Å². The minimum Gasteiger partial charge on any atom is -0.355 e. The third-order valence-electron chi connectivity index (χ3n) is 4.88. The van der Waals surface area contributed by atoms with Gasteiger partial charge in [0.15, 0.2) is 11.5 Å². The summed E-state index contributed by atoms with van der Waals surface area (Å²) in [4.78, 5) is 19.5. The number of nitrogens with one attached hydrogen (secondary N) is 1. The molecule has 0 unspecified atom stereocenters. The van der Waals surface area contributed by atoms with Crippen molar-refractivity contribution in [3.05, 3.63) is 23.7 Å². The first kappa shape index (κ1) is 14.5. The van der Waals surface area contributed by atoms with Crippen molar-refractivity contribution < 1.29 is 4.79 Å². The van der Waals surface area contributed by atoms with Gasteiger partial charge >= 0.3 is 0 Å². The molecule has 122 valence electrons. The molecule has 23 heavy (non-hydrogen) atoms. The Morgan fingerprint density at radius 1 is 1.22 bits per heavy atom. The van der Waals surface area contributed by atoms with Crippen LogP contribution < -0.4 is 10.2 Å². The maximum absolute atomic E-state index is 12.5. The van der Waals surface area contributed by atoms with Crippen LogP contribution >= 0.6 is 0 Å². The van der Waals surface area contributed by atoms with E-state index in [1.807, 2.05) is 19.2 Å². The molecule has 6 nitrogen and oxygen atoms in total. The van der Waals surface area contributed by atoms with Crippen molar-refractivity contribution in [3.63, 3.8) is 0 Å². The van der Waals surface area contributed by atoms with E-state index in [9.17, 15) is 4.79 Å². The molecule has 0 spiro atoms. The first-order valence-electron chi connectivity index (χ1n) is 8.63. The zero-order valence-electron chi connectivity index (χ0n) is 13.6. The van der Waals surface area contributed by atoms with Crippen molar-refractivity contribution in [1.29, 1.82) is 0 Å². The van der Waals surface area contributed by atoms with E-state index in [1.165, 1.54) is 25.7 Å². The Labute approximate surface area is 135 Å². The Hall–Kier alpha value is -2.11. The maximum atomic E-state index is 12.5. The third-order valence-corrected chi connectivity index (χ3v) is 4.88. The van der Waals surface area contributed by atoms with E-state index in [0.29, 0.717) is 11.7 Å². The molecule has 1 N–H and O–H groups in total. The Morgan fingerprint density at radius 3 is 2.70 bits per heavy atom. The number of aromatic nitrogens is 3.